The van der Waals surface area contributed by atoms with Crippen LogP contribution in [0, 0.1) is 5.92 Å². The van der Waals surface area contributed by atoms with Crippen LogP contribution in [0.3, 0.4) is 0 Å². The fourth-order valence-electron chi connectivity index (χ4n) is 3.12. The van der Waals surface area contributed by atoms with Crippen molar-refractivity contribution in [1.82, 2.24) is 20.3 Å². The second-order valence-electron chi connectivity index (χ2n) is 5.14. The van der Waals surface area contributed by atoms with Crippen molar-refractivity contribution in [3.63, 3.8) is 0 Å². The third kappa shape index (κ3) is 1.65. The van der Waals surface area contributed by atoms with Crippen LogP contribution in [0.1, 0.15) is 50.0 Å². The topological polar surface area (TPSA) is 42.7 Å². The molecule has 1 saturated carbocycles. The van der Waals surface area contributed by atoms with Crippen LogP contribution in [0.5, 0.6) is 0 Å². The number of hydrogen-bond donors (Lipinski definition) is 1. The molecule has 88 valence electrons. The lowest BCUT2D eigenvalue weighted by atomic mass is 9.99. The smallest absolute Gasteiger partial charge is 0.0997 e. The molecular formula is C12H20N4. The largest absolute Gasteiger partial charge is 0.311 e. The quantitative estimate of drug-likeness (QED) is 0.824. The first-order chi connectivity index (χ1) is 7.86. The van der Waals surface area contributed by atoms with Crippen molar-refractivity contribution in [2.24, 2.45) is 5.92 Å². The SMILES string of the molecule is CC(C1CCCC1)n1nnc2c1CCNC2. The van der Waals surface area contributed by atoms with Crippen LogP contribution in [0.2, 0.25) is 0 Å². The minimum absolute atomic E-state index is 0.539. The monoisotopic (exact) mass is 220 g/mol. The molecule has 4 nitrogen and oxygen atoms in total. The van der Waals surface area contributed by atoms with Gasteiger partial charge in [-0.05, 0) is 25.7 Å². The van der Waals surface area contributed by atoms with Gasteiger partial charge in [-0.15, -0.1) is 5.10 Å². The number of hydrogen-bond acceptors (Lipinski definition) is 3. The maximum atomic E-state index is 4.37. The molecule has 1 N–H and O–H groups in total. The van der Waals surface area contributed by atoms with Gasteiger partial charge in [0.25, 0.3) is 0 Å². The third-order valence-corrected chi connectivity index (χ3v) is 4.17. The Morgan fingerprint density at radius 2 is 2.19 bits per heavy atom. The molecule has 0 amide bonds. The normalized spacial score (nSPS) is 23.3. The Bertz CT molecular complexity index is 365. The van der Waals surface area contributed by atoms with Gasteiger partial charge in [-0.25, -0.2) is 4.68 Å². The van der Waals surface area contributed by atoms with Gasteiger partial charge in [0.1, 0.15) is 0 Å². The molecule has 1 aromatic heterocycles. The Labute approximate surface area is 96.4 Å². The molecule has 0 spiro atoms. The lowest BCUT2D eigenvalue weighted by Gasteiger charge is -2.22. The summed E-state index contributed by atoms with van der Waals surface area (Å²) in [6.07, 6.45) is 6.61. The Kier molecular flexibility index (Phi) is 2.67. The van der Waals surface area contributed by atoms with Gasteiger partial charge in [-0.2, -0.15) is 0 Å². The second-order valence-corrected chi connectivity index (χ2v) is 5.14. The van der Waals surface area contributed by atoms with Gasteiger partial charge in [0.15, 0.2) is 0 Å². The van der Waals surface area contributed by atoms with Gasteiger partial charge < -0.3 is 5.32 Å². The number of rotatable bonds is 2. The second kappa shape index (κ2) is 4.17. The highest BCUT2D eigenvalue weighted by Crippen LogP contribution is 2.34. The molecule has 0 radical (unpaired) electrons. The highest BCUT2D eigenvalue weighted by atomic mass is 15.4. The maximum Gasteiger partial charge on any atom is 0.0997 e. The highest BCUT2D eigenvalue weighted by Gasteiger charge is 2.27. The molecule has 0 aromatic carbocycles. The van der Waals surface area contributed by atoms with E-state index in [2.05, 4.69) is 27.2 Å². The summed E-state index contributed by atoms with van der Waals surface area (Å²) >= 11 is 0. The van der Waals surface area contributed by atoms with Crippen molar-refractivity contribution in [1.29, 1.82) is 0 Å². The van der Waals surface area contributed by atoms with E-state index < -0.39 is 0 Å². The zero-order chi connectivity index (χ0) is 11.0. The van der Waals surface area contributed by atoms with E-state index in [9.17, 15) is 0 Å². The van der Waals surface area contributed by atoms with Gasteiger partial charge in [-0.1, -0.05) is 18.1 Å². The van der Waals surface area contributed by atoms with Crippen LogP contribution in [0.15, 0.2) is 0 Å². The minimum atomic E-state index is 0.539. The summed E-state index contributed by atoms with van der Waals surface area (Å²) in [5.41, 5.74) is 2.54. The molecule has 16 heavy (non-hydrogen) atoms. The zero-order valence-electron chi connectivity index (χ0n) is 9.95. The van der Waals surface area contributed by atoms with Crippen LogP contribution in [0.4, 0.5) is 0 Å². The molecule has 0 bridgehead atoms. The first kappa shape index (κ1) is 10.3. The van der Waals surface area contributed by atoms with Crippen LogP contribution in [0.25, 0.3) is 0 Å². The van der Waals surface area contributed by atoms with Gasteiger partial charge in [0, 0.05) is 19.5 Å². The molecule has 4 heteroatoms. The van der Waals surface area contributed by atoms with Gasteiger partial charge in [0.05, 0.1) is 17.4 Å². The summed E-state index contributed by atoms with van der Waals surface area (Å²) in [5, 5.41) is 12.0. The van der Waals surface area contributed by atoms with Crippen LogP contribution < -0.4 is 5.32 Å². The first-order valence-electron chi connectivity index (χ1n) is 6.50. The number of fused-ring (bicyclic) bond motifs is 1. The molecule has 1 fully saturated rings. The van der Waals surface area contributed by atoms with Crippen molar-refractivity contribution in [3.05, 3.63) is 11.4 Å². The van der Waals surface area contributed by atoms with Crippen LogP contribution in [-0.2, 0) is 13.0 Å². The van der Waals surface area contributed by atoms with Gasteiger partial charge in [-0.3, -0.25) is 0 Å². The first-order valence-corrected chi connectivity index (χ1v) is 6.50. The molecule has 0 saturated heterocycles. The van der Waals surface area contributed by atoms with Crippen LogP contribution >= 0.6 is 0 Å². The zero-order valence-corrected chi connectivity index (χ0v) is 9.95. The van der Waals surface area contributed by atoms with Crippen molar-refractivity contribution in [3.8, 4) is 0 Å². The predicted octanol–water partition coefficient (Wildman–Crippen LogP) is 1.68. The van der Waals surface area contributed by atoms with Crippen molar-refractivity contribution in [2.75, 3.05) is 6.54 Å². The Morgan fingerprint density at radius 1 is 1.38 bits per heavy atom. The van der Waals surface area contributed by atoms with E-state index in [1.165, 1.54) is 31.4 Å². The number of aromatic nitrogens is 3. The third-order valence-electron chi connectivity index (χ3n) is 4.17. The van der Waals surface area contributed by atoms with E-state index in [1.54, 1.807) is 0 Å². The van der Waals surface area contributed by atoms with Crippen molar-refractivity contribution >= 4 is 0 Å². The van der Waals surface area contributed by atoms with Crippen LogP contribution in [-0.4, -0.2) is 21.5 Å². The summed E-state index contributed by atoms with van der Waals surface area (Å²) in [7, 11) is 0. The summed E-state index contributed by atoms with van der Waals surface area (Å²) in [5.74, 6) is 0.820. The van der Waals surface area contributed by atoms with E-state index in [1.807, 2.05) is 0 Å². The lowest BCUT2D eigenvalue weighted by Crippen LogP contribution is -2.27. The summed E-state index contributed by atoms with van der Waals surface area (Å²) in [6.45, 7) is 4.28. The summed E-state index contributed by atoms with van der Waals surface area (Å²) in [6, 6.07) is 0.539. The molecule has 2 aliphatic rings. The minimum Gasteiger partial charge on any atom is -0.311 e. The average Bonchev–Trinajstić information content (AvgIpc) is 2.98. The highest BCUT2D eigenvalue weighted by molar-refractivity contribution is 5.14. The van der Waals surface area contributed by atoms with Crippen molar-refractivity contribution < 1.29 is 0 Å². The predicted molar refractivity (Wildman–Crippen MR) is 62.1 cm³/mol. The summed E-state index contributed by atoms with van der Waals surface area (Å²) in [4.78, 5) is 0. The van der Waals surface area contributed by atoms with E-state index in [-0.39, 0.29) is 0 Å². The van der Waals surface area contributed by atoms with Gasteiger partial charge >= 0.3 is 0 Å². The molecule has 1 aromatic rings. The van der Waals surface area contributed by atoms with E-state index in [0.29, 0.717) is 6.04 Å². The Balaban J connectivity index is 1.85. The molecule has 1 aliphatic heterocycles. The Hall–Kier alpha value is -0.900. The lowest BCUT2D eigenvalue weighted by molar-refractivity contribution is 0.320. The summed E-state index contributed by atoms with van der Waals surface area (Å²) < 4.78 is 2.20. The molecular weight excluding hydrogens is 200 g/mol. The van der Waals surface area contributed by atoms with Crippen molar-refractivity contribution in [2.45, 2.75) is 51.6 Å². The Morgan fingerprint density at radius 3 is 3.00 bits per heavy atom. The molecule has 1 aliphatic carbocycles. The standard InChI is InChI=1S/C12H20N4/c1-9(10-4-2-3-5-10)16-12-6-7-13-8-11(12)14-15-16/h9-10,13H,2-8H2,1H3. The fourth-order valence-corrected chi connectivity index (χ4v) is 3.12. The number of nitrogens with one attached hydrogen (secondary N) is 1. The van der Waals surface area contributed by atoms with E-state index in [4.69, 9.17) is 0 Å². The molecule has 1 unspecified atom stereocenters. The molecule has 1 atom stereocenters. The van der Waals surface area contributed by atoms with E-state index in [0.717, 1.165) is 31.1 Å². The fraction of sp³-hybridized carbons (Fsp3) is 0.833. The maximum absolute atomic E-state index is 4.37. The van der Waals surface area contributed by atoms with Gasteiger partial charge in [0.2, 0.25) is 0 Å². The number of nitrogens with zero attached hydrogens (tertiary/aromatic N) is 3. The van der Waals surface area contributed by atoms with E-state index >= 15 is 0 Å². The molecule has 2 heterocycles. The average molecular weight is 220 g/mol. The molecule has 3 rings (SSSR count).